The van der Waals surface area contributed by atoms with Crippen molar-refractivity contribution in [3.8, 4) is 23.0 Å². The SMILES string of the molecule is CC(C)C[C@H](CC(=O)[C@H](Cc1ccccc1)NC(=O)c1cnccn1)B(O)O.CCC(O)CC(CC(O)CC)OCC(O)CNC(=O)c1ccc(O)c(O)c1.CCC(O)CC(CC(O)CC)OCC(O)CNC(=O)c1ccc2c(c1)OB([C@H](CC(C)C)NC(=O)[C@H](Cc1ccccc1)NC(=O)c1cnccn1)O2. The molecule has 0 spiro atoms. The van der Waals surface area contributed by atoms with Crippen LogP contribution in [0.15, 0.2) is 134 Å². The van der Waals surface area contributed by atoms with Crippen molar-refractivity contribution in [2.75, 3.05) is 26.3 Å². The molecule has 7 rings (SSSR count). The first kappa shape index (κ1) is 89.6. The zero-order chi connectivity index (χ0) is 79.2. The minimum Gasteiger partial charge on any atom is -0.522 e. The van der Waals surface area contributed by atoms with Crippen molar-refractivity contribution in [3.63, 3.8) is 0 Å². The van der Waals surface area contributed by atoms with Crippen molar-refractivity contribution in [1.82, 2.24) is 46.5 Å². The second-order valence-electron chi connectivity index (χ2n) is 27.6. The summed E-state index contributed by atoms with van der Waals surface area (Å²) in [5, 5.41) is 112. The molecule has 4 aromatic carbocycles. The van der Waals surface area contributed by atoms with Crippen LogP contribution in [0.3, 0.4) is 0 Å². The second-order valence-corrected chi connectivity index (χ2v) is 27.6. The second kappa shape index (κ2) is 47.7. The maximum Gasteiger partial charge on any atom is 0.618 e. The molecule has 29 nitrogen and oxygen atoms in total. The summed E-state index contributed by atoms with van der Waals surface area (Å²) >= 11 is 0. The van der Waals surface area contributed by atoms with Gasteiger partial charge in [0.25, 0.3) is 23.6 Å². The predicted molar refractivity (Wildman–Crippen MR) is 404 cm³/mol. The Morgan fingerprint density at radius 2 is 0.926 bits per heavy atom. The third-order valence-corrected chi connectivity index (χ3v) is 17.5. The van der Waals surface area contributed by atoms with E-state index in [0.717, 1.165) is 17.2 Å². The number of aliphatic hydroxyl groups excluding tert-OH is 6. The minimum absolute atomic E-state index is 0.0336. The first-order valence-electron chi connectivity index (χ1n) is 36.9. The fourth-order valence-corrected chi connectivity index (χ4v) is 11.3. The van der Waals surface area contributed by atoms with Gasteiger partial charge < -0.3 is 96.3 Å². The molecule has 588 valence electrons. The van der Waals surface area contributed by atoms with Crippen molar-refractivity contribution in [1.29, 1.82) is 0 Å². The summed E-state index contributed by atoms with van der Waals surface area (Å²) in [4.78, 5) is 93.2. The van der Waals surface area contributed by atoms with Crippen LogP contribution < -0.4 is 35.9 Å². The Morgan fingerprint density at radius 3 is 1.35 bits per heavy atom. The number of aliphatic hydroxyl groups is 6. The summed E-state index contributed by atoms with van der Waals surface area (Å²) in [5.74, 6) is -3.54. The summed E-state index contributed by atoms with van der Waals surface area (Å²) in [6.45, 7) is 15.0. The molecule has 3 heterocycles. The number of ketones is 1. The number of benzene rings is 4. The monoisotopic (exact) mass is 1500 g/mol. The van der Waals surface area contributed by atoms with Crippen LogP contribution in [0, 0.1) is 11.8 Å². The largest absolute Gasteiger partial charge is 0.618 e. The Morgan fingerprint density at radius 1 is 0.491 bits per heavy atom. The maximum atomic E-state index is 13.8. The molecule has 0 saturated heterocycles. The molecule has 1 aliphatic rings. The van der Waals surface area contributed by atoms with E-state index in [4.69, 9.17) is 18.8 Å². The van der Waals surface area contributed by atoms with Gasteiger partial charge in [-0.2, -0.15) is 0 Å². The summed E-state index contributed by atoms with van der Waals surface area (Å²) < 4.78 is 23.7. The first-order chi connectivity index (χ1) is 51.6. The molecule has 10 atom stereocenters. The van der Waals surface area contributed by atoms with E-state index in [2.05, 4.69) is 46.5 Å². The number of hydrogen-bond acceptors (Lipinski definition) is 24. The highest BCUT2D eigenvalue weighted by molar-refractivity contribution is 6.50. The smallest absolute Gasteiger partial charge is 0.522 e. The van der Waals surface area contributed by atoms with Gasteiger partial charge in [0.15, 0.2) is 17.3 Å². The normalized spacial score (nSPS) is 15.0. The fourth-order valence-electron chi connectivity index (χ4n) is 11.3. The summed E-state index contributed by atoms with van der Waals surface area (Å²) in [5.41, 5.74) is 2.36. The van der Waals surface area contributed by atoms with Crippen LogP contribution in [0.1, 0.15) is 179 Å². The van der Waals surface area contributed by atoms with Gasteiger partial charge in [-0.25, -0.2) is 9.97 Å². The van der Waals surface area contributed by atoms with E-state index < -0.39 is 122 Å². The summed E-state index contributed by atoms with van der Waals surface area (Å²) in [6.07, 6.45) is 8.43. The highest BCUT2D eigenvalue weighted by Crippen LogP contribution is 2.36. The molecule has 0 radical (unpaired) electrons. The summed E-state index contributed by atoms with van der Waals surface area (Å²) in [6, 6.07) is 25.3. The molecule has 6 aromatic rings. The lowest BCUT2D eigenvalue weighted by molar-refractivity contribution is -0.123. The number of fused-ring (bicyclic) bond motifs is 1. The lowest BCUT2D eigenvalue weighted by atomic mass is 9.66. The van der Waals surface area contributed by atoms with Crippen molar-refractivity contribution in [3.05, 3.63) is 168 Å². The number of phenols is 2. The van der Waals surface area contributed by atoms with Crippen molar-refractivity contribution in [2.24, 2.45) is 11.8 Å². The number of aromatic nitrogens is 4. The zero-order valence-electron chi connectivity index (χ0n) is 62.8. The standard InChI is InChI=1S/C38H52BN5O9.C20H26BN3O4.C19H31NO7/c1-5-27(45)19-30(20-28(46)6-2)51-23-29(47)21-42-36(48)26-12-13-33-34(18-26)53-39(52-33)35(16-24(3)4)44-37(49)31(17-25-10-8-7-9-11-25)43-38(50)32-22-40-14-15-41-32;1-14(2)10-16(21(27)28)12-19(25)17(11-15-6-4-3-5-7-15)24-20(26)18-13-22-8-9-23-18;1-3-13(21)8-16(9-14(22)4-2)27-11-15(23)10-20-19(26)12-5-6-17(24)18(25)7-12/h7-15,18,22,24,27-31,35,45-47H,5-6,16-17,19-21,23H2,1-4H3,(H,42,48)(H,43,50)(H,44,49);3-9,13-14,16-17,27-28H,10-12H2,1-2H3,(H,24,26);5-7,13-16,21-25H,3-4,8-11H2,1-2H3,(H,20,26)/t27?,28?,29?,30?,31-,35-;16-,17+;/m01./s1. The van der Waals surface area contributed by atoms with E-state index in [1.807, 2.05) is 116 Å². The molecule has 108 heavy (non-hydrogen) atoms. The molecule has 31 heteroatoms. The van der Waals surface area contributed by atoms with Gasteiger partial charge in [-0.05, 0) is 130 Å². The van der Waals surface area contributed by atoms with Crippen molar-refractivity contribution < 1.29 is 98.4 Å². The van der Waals surface area contributed by atoms with Gasteiger partial charge in [0.1, 0.15) is 28.9 Å². The minimum atomic E-state index is -1.58. The molecule has 0 aliphatic carbocycles. The van der Waals surface area contributed by atoms with Crippen molar-refractivity contribution in [2.45, 2.75) is 212 Å². The Labute approximate surface area is 632 Å². The highest BCUT2D eigenvalue weighted by Gasteiger charge is 2.43. The Kier molecular flexibility index (Phi) is 39.6. The van der Waals surface area contributed by atoms with E-state index in [0.29, 0.717) is 82.1 Å². The predicted octanol–water partition coefficient (Wildman–Crippen LogP) is 5.21. The van der Waals surface area contributed by atoms with Gasteiger partial charge >= 0.3 is 14.2 Å². The molecule has 2 aromatic heterocycles. The molecular weight excluding hydrogens is 1390 g/mol. The number of Topliss-reactive ketones (excluding diaryl/α,β-unsaturated/α-hetero) is 1. The van der Waals surface area contributed by atoms with Crippen LogP contribution in [0.4, 0.5) is 0 Å². The molecule has 5 amide bonds. The molecule has 0 fully saturated rings. The number of carbonyl (C=O) groups excluding carboxylic acids is 6. The Bertz CT molecular complexity index is 3620. The first-order valence-corrected chi connectivity index (χ1v) is 36.9. The van der Waals surface area contributed by atoms with Crippen molar-refractivity contribution >= 4 is 49.6 Å². The number of amides is 5. The number of hydrogen-bond donors (Lipinski definition) is 15. The lowest BCUT2D eigenvalue weighted by Crippen LogP contribution is -2.57. The average molecular weight is 1500 g/mol. The van der Waals surface area contributed by atoms with Gasteiger partial charge in [0.05, 0.1) is 86.4 Å². The maximum absolute atomic E-state index is 13.8. The lowest BCUT2D eigenvalue weighted by Gasteiger charge is -2.25. The third kappa shape index (κ3) is 32.8. The van der Waals surface area contributed by atoms with Crippen LogP contribution in [-0.4, -0.2) is 214 Å². The van der Waals surface area contributed by atoms with Crippen LogP contribution in [-0.2, 0) is 31.9 Å². The molecular formula is C77H109B2N9O20. The van der Waals surface area contributed by atoms with E-state index >= 15 is 0 Å². The van der Waals surface area contributed by atoms with Gasteiger partial charge in [-0.1, -0.05) is 116 Å². The van der Waals surface area contributed by atoms with Crippen LogP contribution >= 0.6 is 0 Å². The van der Waals surface area contributed by atoms with Crippen LogP contribution in [0.25, 0.3) is 0 Å². The number of phenolic OH excluding ortho intramolecular Hbond substituents is 2. The molecule has 15 N–H and O–H groups in total. The molecule has 6 unspecified atom stereocenters. The third-order valence-electron chi connectivity index (χ3n) is 17.5. The van der Waals surface area contributed by atoms with Crippen LogP contribution in [0.2, 0.25) is 5.82 Å². The quantitative estimate of drug-likeness (QED) is 0.0173. The zero-order valence-corrected chi connectivity index (χ0v) is 62.8. The van der Waals surface area contributed by atoms with Gasteiger partial charge in [0.2, 0.25) is 5.91 Å². The van der Waals surface area contributed by atoms with Gasteiger partial charge in [-0.15, -0.1) is 0 Å². The van der Waals surface area contributed by atoms with E-state index in [1.165, 1.54) is 55.4 Å². The molecule has 0 saturated carbocycles. The number of rotatable bonds is 43. The van der Waals surface area contributed by atoms with Crippen LogP contribution in [0.5, 0.6) is 23.0 Å². The highest BCUT2D eigenvalue weighted by atomic mass is 16.6. The van der Waals surface area contributed by atoms with E-state index in [1.54, 1.807) is 12.1 Å². The number of nitrogens with one attached hydrogen (secondary N) is 5. The van der Waals surface area contributed by atoms with E-state index in [9.17, 15) is 79.7 Å². The summed E-state index contributed by atoms with van der Waals surface area (Å²) in [7, 11) is -2.49. The average Bonchev–Trinajstić information content (AvgIpc) is 1.66. The fraction of sp³-hybridized carbons (Fsp3) is 0.506. The Hall–Kier alpha value is -9.01. The number of carbonyl (C=O) groups is 6. The number of ether oxygens (including phenoxy) is 2. The molecule has 1 aliphatic heterocycles. The number of nitrogens with zero attached hydrogens (tertiary/aromatic N) is 4. The van der Waals surface area contributed by atoms with Gasteiger partial charge in [0, 0.05) is 67.7 Å². The Balaban J connectivity index is 0.000000320. The van der Waals surface area contributed by atoms with E-state index in [-0.39, 0.29) is 85.0 Å². The topological polar surface area (TPSA) is 453 Å². The molecule has 0 bridgehead atoms. The van der Waals surface area contributed by atoms with Gasteiger partial charge in [-0.3, -0.25) is 38.7 Å². The number of aromatic hydroxyl groups is 2.